The van der Waals surface area contributed by atoms with Crippen LogP contribution in [0.5, 0.6) is 5.88 Å². The fourth-order valence-corrected chi connectivity index (χ4v) is 1.81. The van der Waals surface area contributed by atoms with Crippen LogP contribution in [0.15, 0.2) is 18.2 Å². The molecule has 1 aromatic carbocycles. The van der Waals surface area contributed by atoms with Crippen molar-refractivity contribution >= 4 is 23.3 Å². The number of hydrogen-bond acceptors (Lipinski definition) is 6. The van der Waals surface area contributed by atoms with E-state index >= 15 is 0 Å². The zero-order valence-corrected chi connectivity index (χ0v) is 11.6. The first-order valence-corrected chi connectivity index (χ1v) is 5.92. The summed E-state index contributed by atoms with van der Waals surface area (Å²) in [5.41, 5.74) is 6.65. The maximum atomic E-state index is 11.8. The Morgan fingerprint density at radius 1 is 1.40 bits per heavy atom. The molecule has 0 amide bonds. The monoisotopic (exact) mass is 292 g/mol. The number of hydrogen-bond donors (Lipinski definition) is 1. The summed E-state index contributed by atoms with van der Waals surface area (Å²) in [7, 11) is 2.71. The van der Waals surface area contributed by atoms with Crippen molar-refractivity contribution in [2.75, 3.05) is 20.0 Å². The van der Waals surface area contributed by atoms with Crippen molar-refractivity contribution < 1.29 is 14.3 Å². The van der Waals surface area contributed by atoms with Crippen LogP contribution in [0.1, 0.15) is 10.4 Å². The van der Waals surface area contributed by atoms with E-state index in [1.165, 1.54) is 26.4 Å². The minimum absolute atomic E-state index is 0.136. The van der Waals surface area contributed by atoms with Gasteiger partial charge in [-0.05, 0) is 12.1 Å². The summed E-state index contributed by atoms with van der Waals surface area (Å²) in [4.78, 5) is 20.0. The van der Waals surface area contributed by atoms with Gasteiger partial charge < -0.3 is 15.2 Å². The molecule has 0 unspecified atom stereocenters. The lowest BCUT2D eigenvalue weighted by Crippen LogP contribution is -2.08. The van der Waals surface area contributed by atoms with E-state index in [2.05, 4.69) is 16.0 Å². The van der Waals surface area contributed by atoms with Gasteiger partial charge in [-0.2, -0.15) is 4.98 Å². The number of anilines is 1. The number of esters is 1. The van der Waals surface area contributed by atoms with E-state index in [1.54, 1.807) is 6.07 Å². The second-order valence-electron chi connectivity index (χ2n) is 3.73. The highest BCUT2D eigenvalue weighted by Crippen LogP contribution is 2.29. The van der Waals surface area contributed by atoms with E-state index in [0.717, 1.165) is 0 Å². The number of benzene rings is 1. The van der Waals surface area contributed by atoms with Crippen molar-refractivity contribution in [3.8, 4) is 17.3 Å². The first kappa shape index (κ1) is 14.1. The van der Waals surface area contributed by atoms with Gasteiger partial charge in [-0.25, -0.2) is 9.78 Å². The lowest BCUT2D eigenvalue weighted by atomic mass is 10.0. The number of carbonyl (C=O) groups is 1. The van der Waals surface area contributed by atoms with Crippen LogP contribution < -0.4 is 10.5 Å². The number of nitrogens with zero attached hydrogens (tertiary/aromatic N) is 2. The van der Waals surface area contributed by atoms with Gasteiger partial charge in [0.15, 0.2) is 5.82 Å². The maximum absolute atomic E-state index is 11.8. The molecule has 20 heavy (non-hydrogen) atoms. The third-order valence-electron chi connectivity index (χ3n) is 2.52. The minimum Gasteiger partial charge on any atom is -0.481 e. The van der Waals surface area contributed by atoms with E-state index in [4.69, 9.17) is 26.8 Å². The molecule has 2 aromatic rings. The predicted molar refractivity (Wildman–Crippen MR) is 73.6 cm³/mol. The molecule has 0 aliphatic heterocycles. The van der Waals surface area contributed by atoms with Gasteiger partial charge in [0.1, 0.15) is 5.15 Å². The molecule has 1 heterocycles. The molecule has 0 bridgehead atoms. The quantitative estimate of drug-likeness (QED) is 0.529. The average Bonchev–Trinajstić information content (AvgIpc) is 2.45. The number of halogens is 1. The van der Waals surface area contributed by atoms with Gasteiger partial charge in [0, 0.05) is 11.8 Å². The molecule has 1 aromatic heterocycles. The van der Waals surface area contributed by atoms with Crippen molar-refractivity contribution in [1.82, 2.24) is 9.97 Å². The maximum Gasteiger partial charge on any atom is 0.339 e. The van der Waals surface area contributed by atoms with E-state index in [-0.39, 0.29) is 22.4 Å². The van der Waals surface area contributed by atoms with Gasteiger partial charge in [0.25, 0.3) is 0 Å². The molecule has 0 aliphatic rings. The smallest absolute Gasteiger partial charge is 0.339 e. The molecule has 0 fully saturated rings. The molecule has 0 saturated carbocycles. The van der Waals surface area contributed by atoms with Gasteiger partial charge >= 0.3 is 5.97 Å². The number of methoxy groups -OCH3 is 2. The van der Waals surface area contributed by atoms with Crippen molar-refractivity contribution in [3.63, 3.8) is 0 Å². The molecule has 6 nitrogen and oxygen atoms in total. The summed E-state index contributed by atoms with van der Waals surface area (Å²) in [6.07, 6.45) is 0. The summed E-state index contributed by atoms with van der Waals surface area (Å²) in [5, 5.41) is 0.172. The van der Waals surface area contributed by atoms with Crippen molar-refractivity contribution in [2.24, 2.45) is 0 Å². The molecule has 0 saturated heterocycles. The first-order chi connectivity index (χ1) is 9.56. The Hall–Kier alpha value is -2.34. The van der Waals surface area contributed by atoms with E-state index in [0.29, 0.717) is 11.3 Å². The highest BCUT2D eigenvalue weighted by atomic mass is 35.5. The van der Waals surface area contributed by atoms with Gasteiger partial charge in [-0.1, -0.05) is 17.7 Å². The third-order valence-corrected chi connectivity index (χ3v) is 2.72. The molecule has 0 atom stereocenters. The molecule has 0 spiro atoms. The number of nitrogens with two attached hydrogens (primary N) is 1. The Bertz CT molecular complexity index is 661. The van der Waals surface area contributed by atoms with Crippen LogP contribution in [0.2, 0.25) is 5.15 Å². The second kappa shape index (κ2) is 5.75. The number of rotatable bonds is 3. The van der Waals surface area contributed by atoms with Gasteiger partial charge in [0.2, 0.25) is 5.88 Å². The van der Waals surface area contributed by atoms with Crippen LogP contribution in [0.25, 0.3) is 11.4 Å². The van der Waals surface area contributed by atoms with Crippen molar-refractivity contribution in [3.05, 3.63) is 35.0 Å². The van der Waals surface area contributed by atoms with Gasteiger partial charge in [-0.15, -0.1) is 0 Å². The Morgan fingerprint density at radius 2 is 2.15 bits per heavy atom. The zero-order valence-electron chi connectivity index (χ0n) is 10.8. The largest absolute Gasteiger partial charge is 0.481 e. The lowest BCUT2D eigenvalue weighted by Gasteiger charge is -2.10. The molecular weight excluding hydrogens is 282 g/mol. The van der Waals surface area contributed by atoms with Crippen LogP contribution >= 0.6 is 11.6 Å². The fraction of sp³-hybridized carbons (Fsp3) is 0.154. The highest BCUT2D eigenvalue weighted by Gasteiger charge is 2.19. The van der Waals surface area contributed by atoms with Gasteiger partial charge in [-0.3, -0.25) is 0 Å². The molecule has 7 heteroatoms. The summed E-state index contributed by atoms with van der Waals surface area (Å²) in [6, 6.07) is 7.32. The molecule has 2 rings (SSSR count). The number of aromatic nitrogens is 2. The Kier molecular flexibility index (Phi) is 4.05. The highest BCUT2D eigenvalue weighted by molar-refractivity contribution is 6.29. The summed E-state index contributed by atoms with van der Waals surface area (Å²) >= 11 is 5.90. The summed E-state index contributed by atoms with van der Waals surface area (Å²) < 4.78 is 9.72. The van der Waals surface area contributed by atoms with Crippen LogP contribution in [-0.2, 0) is 4.74 Å². The SMILES string of the molecule is COC(=O)c1[c]ccc(N)c1-c1nc(Cl)cc(OC)n1. The number of ether oxygens (including phenoxy) is 2. The second-order valence-corrected chi connectivity index (χ2v) is 4.12. The predicted octanol–water partition coefficient (Wildman–Crippen LogP) is 1.97. The molecular formula is C13H11ClN3O3. The number of carbonyl (C=O) groups excluding carboxylic acids is 1. The normalized spacial score (nSPS) is 10.2. The van der Waals surface area contributed by atoms with Crippen LogP contribution in [0.3, 0.4) is 0 Å². The molecule has 0 aliphatic carbocycles. The Labute approximate surface area is 120 Å². The zero-order chi connectivity index (χ0) is 14.7. The summed E-state index contributed by atoms with van der Waals surface area (Å²) in [6.45, 7) is 0. The van der Waals surface area contributed by atoms with Crippen molar-refractivity contribution in [2.45, 2.75) is 0 Å². The third kappa shape index (κ3) is 2.65. The number of nitrogen functional groups attached to an aromatic ring is 1. The average molecular weight is 293 g/mol. The molecule has 1 radical (unpaired) electrons. The topological polar surface area (TPSA) is 87.3 Å². The van der Waals surface area contributed by atoms with Crippen molar-refractivity contribution in [1.29, 1.82) is 0 Å². The van der Waals surface area contributed by atoms with Crippen LogP contribution in [0.4, 0.5) is 5.69 Å². The van der Waals surface area contributed by atoms with Gasteiger partial charge in [0.05, 0.1) is 25.3 Å². The van der Waals surface area contributed by atoms with E-state index in [1.807, 2.05) is 0 Å². The van der Waals surface area contributed by atoms with E-state index < -0.39 is 5.97 Å². The standard InChI is InChI=1S/C13H11ClN3O3/c1-19-10-6-9(14)16-12(17-10)11-7(13(18)20-2)4-3-5-8(11)15/h3,5-6H,15H2,1-2H3. The van der Waals surface area contributed by atoms with Crippen LogP contribution in [0, 0.1) is 6.07 Å². The Balaban J connectivity index is 2.68. The Morgan fingerprint density at radius 3 is 2.80 bits per heavy atom. The molecule has 103 valence electrons. The van der Waals surface area contributed by atoms with Crippen LogP contribution in [-0.4, -0.2) is 30.2 Å². The van der Waals surface area contributed by atoms with E-state index in [9.17, 15) is 4.79 Å². The first-order valence-electron chi connectivity index (χ1n) is 5.54. The molecule has 2 N–H and O–H groups in total. The lowest BCUT2D eigenvalue weighted by molar-refractivity contribution is 0.0601. The fourth-order valence-electron chi connectivity index (χ4n) is 1.63. The minimum atomic E-state index is -0.588. The summed E-state index contributed by atoms with van der Waals surface area (Å²) in [5.74, 6) is -0.155.